The Morgan fingerprint density at radius 1 is 0.474 bits per heavy atom. The van der Waals surface area contributed by atoms with E-state index in [0.717, 1.165) is 55.1 Å². The van der Waals surface area contributed by atoms with Gasteiger partial charge in [-0.25, -0.2) is 0 Å². The van der Waals surface area contributed by atoms with E-state index in [1.54, 1.807) is 64.1 Å². The van der Waals surface area contributed by atoms with Crippen molar-refractivity contribution in [2.75, 3.05) is 0 Å². The molecule has 20 heteroatoms. The highest BCUT2D eigenvalue weighted by Gasteiger charge is 2.81. The van der Waals surface area contributed by atoms with Crippen LogP contribution >= 0.6 is 68.0 Å². The number of aliphatic carboxylic acids is 2. The number of carboxylic acids is 2. The van der Waals surface area contributed by atoms with Gasteiger partial charge in [0.15, 0.2) is 0 Å². The zero-order valence-electron chi connectivity index (χ0n) is 43.5. The number of allylic oxidation sites excluding steroid dienone is 2. The maximum atomic E-state index is 17.3. The van der Waals surface area contributed by atoms with Crippen molar-refractivity contribution < 1.29 is 65.2 Å². The van der Waals surface area contributed by atoms with Crippen molar-refractivity contribution in [1.82, 2.24) is 0 Å². The third-order valence-electron chi connectivity index (χ3n) is 14.4. The zero-order chi connectivity index (χ0) is 55.9. The van der Waals surface area contributed by atoms with Gasteiger partial charge in [-0.3, -0.25) is 19.2 Å². The predicted octanol–water partition coefficient (Wildman–Crippen LogP) is 17.4. The summed E-state index contributed by atoms with van der Waals surface area (Å²) < 4.78 is 115. The summed E-state index contributed by atoms with van der Waals surface area (Å²) >= 11 is 7.10. The minimum absolute atomic E-state index is 0.0542. The van der Waals surface area contributed by atoms with Crippen LogP contribution in [0.15, 0.2) is 60.7 Å². The smallest absolute Gasteiger partial charge is 0.380 e. The van der Waals surface area contributed by atoms with Crippen LogP contribution < -0.4 is 0 Å². The first-order valence-corrected chi connectivity index (χ1v) is 29.8. The predicted molar refractivity (Wildman–Crippen MR) is 292 cm³/mol. The summed E-state index contributed by atoms with van der Waals surface area (Å²) in [6.45, 7) is 19.2. The van der Waals surface area contributed by atoms with E-state index in [4.69, 9.17) is 9.47 Å². The molecular formula is C56H58F6O8S6. The molecular weight excluding hydrogens is 1110 g/mol. The van der Waals surface area contributed by atoms with Gasteiger partial charge in [0.1, 0.15) is 16.6 Å². The standard InChI is InChI=1S/C56H58F6O8S6/c1-11-51(12-2,69-43(67)25-23-41(63)64)37-19-21-39(75-37)53(40-22-20-38(76-40)52(13-3,14-4)70-44(68)26-24-42(65)66)47-29(27-33(73-47)31-15-17-35(71-31)49(5,6)7)45-46(55(59,60)56(61,62)54(45,57)58)30-28-34(74-48(30)53)32-16-18-36(72-32)50(8,9)10/h15-22,27-28H,11-14,23-26H2,1-10H3,(H,63,64)(H,65,66). The van der Waals surface area contributed by atoms with Gasteiger partial charge in [0.05, 0.1) is 25.7 Å². The minimum atomic E-state index is -5.86. The summed E-state index contributed by atoms with van der Waals surface area (Å²) in [5, 5.41) is 18.8. The molecule has 408 valence electrons. The van der Waals surface area contributed by atoms with Crippen LogP contribution in [0, 0.1) is 0 Å². The molecule has 2 aliphatic carbocycles. The van der Waals surface area contributed by atoms with E-state index >= 15 is 26.3 Å². The fraction of sp³-hybridized carbons (Fsp3) is 0.464. The Bertz CT molecular complexity index is 3040. The maximum absolute atomic E-state index is 17.3. The van der Waals surface area contributed by atoms with Crippen molar-refractivity contribution in [3.05, 3.63) is 111 Å². The molecule has 0 unspecified atom stereocenters. The molecule has 0 atom stereocenters. The van der Waals surface area contributed by atoms with Gasteiger partial charge in [0.2, 0.25) is 0 Å². The summed E-state index contributed by atoms with van der Waals surface area (Å²) in [4.78, 5) is 55.6. The molecule has 0 bridgehead atoms. The van der Waals surface area contributed by atoms with E-state index in [2.05, 4.69) is 0 Å². The highest BCUT2D eigenvalue weighted by Crippen LogP contribution is 2.71. The molecule has 76 heavy (non-hydrogen) atoms. The largest absolute Gasteiger partial charge is 0.481 e. The van der Waals surface area contributed by atoms with Crippen LogP contribution in [-0.2, 0) is 56.1 Å². The maximum Gasteiger partial charge on any atom is 0.380 e. The molecule has 0 aliphatic heterocycles. The molecule has 6 aromatic heterocycles. The van der Waals surface area contributed by atoms with Crippen LogP contribution in [0.5, 0.6) is 0 Å². The number of esters is 2. The second-order valence-electron chi connectivity index (χ2n) is 21.2. The lowest BCUT2D eigenvalue weighted by Crippen LogP contribution is -2.49. The summed E-state index contributed by atoms with van der Waals surface area (Å²) in [6.07, 6.45) is -1.02. The third kappa shape index (κ3) is 9.45. The Balaban J connectivity index is 1.54. The van der Waals surface area contributed by atoms with Gasteiger partial charge in [-0.2, -0.15) is 26.3 Å². The molecule has 2 N–H and O–H groups in total. The molecule has 0 aromatic carbocycles. The molecule has 0 fully saturated rings. The number of hydrogen-bond acceptors (Lipinski definition) is 12. The van der Waals surface area contributed by atoms with Crippen LogP contribution in [0.4, 0.5) is 26.3 Å². The Kier molecular flexibility index (Phi) is 15.3. The van der Waals surface area contributed by atoms with Crippen LogP contribution in [0.1, 0.15) is 171 Å². The van der Waals surface area contributed by atoms with Crippen molar-refractivity contribution in [3.63, 3.8) is 0 Å². The average molecular weight is 1170 g/mol. The number of halogens is 6. The number of carbonyl (C=O) groups is 4. The summed E-state index contributed by atoms with van der Waals surface area (Å²) in [7, 11) is 0. The SMILES string of the molecule is CCC(CC)(OC(=O)CCC(=O)O)c1ccc(C2(c3ccc(C(CC)(CC)OC(=O)CCC(=O)O)s3)c3sc(-c4ccc(C(C)(C)C)s4)cc3C3=C(c4cc(-c5ccc(C(C)(C)C)s5)sc42)C(F)(F)C(F)(F)C3(F)F)s1. The highest BCUT2D eigenvalue weighted by atomic mass is 32.1. The van der Waals surface area contributed by atoms with Crippen molar-refractivity contribution >= 4 is 103 Å². The van der Waals surface area contributed by atoms with E-state index in [-0.39, 0.29) is 46.3 Å². The first-order valence-electron chi connectivity index (χ1n) is 24.9. The van der Waals surface area contributed by atoms with Crippen molar-refractivity contribution in [2.24, 2.45) is 0 Å². The number of hydrogen-bond donors (Lipinski definition) is 2. The Labute approximate surface area is 461 Å². The van der Waals surface area contributed by atoms with Gasteiger partial charge < -0.3 is 19.7 Å². The summed E-state index contributed by atoms with van der Waals surface area (Å²) in [5.74, 6) is -20.6. The second kappa shape index (κ2) is 20.2. The first-order chi connectivity index (χ1) is 35.4. The Morgan fingerprint density at radius 2 is 0.816 bits per heavy atom. The number of rotatable bonds is 18. The lowest BCUT2D eigenvalue weighted by atomic mass is 9.77. The molecule has 8 nitrogen and oxygen atoms in total. The van der Waals surface area contributed by atoms with Crippen LogP contribution in [-0.4, -0.2) is 51.9 Å². The summed E-state index contributed by atoms with van der Waals surface area (Å²) in [5.41, 5.74) is -9.25. The van der Waals surface area contributed by atoms with E-state index in [9.17, 15) is 29.4 Å². The number of fused-ring (bicyclic) bond motifs is 4. The number of carbonyl (C=O) groups excluding carboxylic acids is 2. The summed E-state index contributed by atoms with van der Waals surface area (Å²) in [6, 6.07) is 17.0. The molecule has 6 aromatic rings. The van der Waals surface area contributed by atoms with Gasteiger partial charge >= 0.3 is 41.6 Å². The molecule has 8 rings (SSSR count). The Morgan fingerprint density at radius 3 is 1.12 bits per heavy atom. The average Bonchev–Trinajstić information content (AvgIpc) is 4.22. The molecule has 0 spiro atoms. The van der Waals surface area contributed by atoms with Gasteiger partial charge in [0.25, 0.3) is 0 Å². The third-order valence-corrected chi connectivity index (χ3v) is 23.1. The van der Waals surface area contributed by atoms with Crippen molar-refractivity contribution in [2.45, 2.75) is 166 Å². The van der Waals surface area contributed by atoms with Gasteiger partial charge in [0, 0.05) is 80.8 Å². The van der Waals surface area contributed by atoms with Gasteiger partial charge in [-0.1, -0.05) is 69.2 Å². The van der Waals surface area contributed by atoms with Crippen LogP contribution in [0.2, 0.25) is 0 Å². The fourth-order valence-corrected chi connectivity index (χ4v) is 18.4. The van der Waals surface area contributed by atoms with Gasteiger partial charge in [-0.15, -0.1) is 68.0 Å². The van der Waals surface area contributed by atoms with Crippen LogP contribution in [0.25, 0.3) is 30.7 Å². The number of thiophene rings is 6. The molecule has 0 amide bonds. The van der Waals surface area contributed by atoms with Gasteiger partial charge in [-0.05, 0) is 97.2 Å². The van der Waals surface area contributed by atoms with Crippen LogP contribution in [0.3, 0.4) is 0 Å². The second-order valence-corrected chi connectivity index (χ2v) is 27.7. The molecule has 0 saturated carbocycles. The molecule has 2 aliphatic rings. The first kappa shape index (κ1) is 57.6. The zero-order valence-corrected chi connectivity index (χ0v) is 48.4. The van der Waals surface area contributed by atoms with E-state index in [1.165, 1.54) is 34.8 Å². The number of carboxylic acid groups (broad SMARTS) is 2. The van der Waals surface area contributed by atoms with Crippen molar-refractivity contribution in [1.29, 1.82) is 0 Å². The van der Waals surface area contributed by atoms with E-state index in [1.807, 2.05) is 53.7 Å². The quantitative estimate of drug-likeness (QED) is 0.0643. The lowest BCUT2D eigenvalue weighted by Gasteiger charge is -2.35. The van der Waals surface area contributed by atoms with Crippen molar-refractivity contribution in [3.8, 4) is 19.5 Å². The normalized spacial score (nSPS) is 16.7. The van der Waals surface area contributed by atoms with E-state index < -0.39 is 106 Å². The highest BCUT2D eigenvalue weighted by molar-refractivity contribution is 7.24. The Hall–Kier alpha value is -4.60. The monoisotopic (exact) mass is 1160 g/mol. The molecule has 0 radical (unpaired) electrons. The minimum Gasteiger partial charge on any atom is -0.481 e. The molecule has 0 saturated heterocycles. The fourth-order valence-electron chi connectivity index (χ4n) is 9.92. The number of alkyl halides is 6. The topological polar surface area (TPSA) is 127 Å². The molecule has 6 heterocycles. The lowest BCUT2D eigenvalue weighted by molar-refractivity contribution is -0.254. The van der Waals surface area contributed by atoms with E-state index in [0.29, 0.717) is 39.0 Å². The number of ether oxygens (including phenoxy) is 2.